The quantitative estimate of drug-likeness (QED) is 0.667. The van der Waals surface area contributed by atoms with Crippen molar-refractivity contribution in [1.29, 1.82) is 0 Å². The van der Waals surface area contributed by atoms with Crippen LogP contribution in [0.2, 0.25) is 0 Å². The molecule has 9 heteroatoms. The van der Waals surface area contributed by atoms with Gasteiger partial charge in [-0.25, -0.2) is 14.1 Å². The third-order valence-corrected chi connectivity index (χ3v) is 7.06. The maximum atomic E-state index is 13.9. The van der Waals surface area contributed by atoms with Crippen molar-refractivity contribution in [2.45, 2.75) is 18.8 Å². The van der Waals surface area contributed by atoms with E-state index in [-0.39, 0.29) is 11.7 Å². The standard InChI is InChI=1S/C20H23FN4O3S/c1-22-29(26,27)25-9-6-13(7-10-25)18-12-17-15(5-8-23-20(17)24-18)16-11-14(21)3-4-19(16)28-2/h3-5,8,11-13,22H,6-7,9-10H2,1-2H3,(H,23,24). The van der Waals surface area contributed by atoms with Gasteiger partial charge >= 0.3 is 0 Å². The van der Waals surface area contributed by atoms with E-state index >= 15 is 0 Å². The van der Waals surface area contributed by atoms with Crippen LogP contribution in [0.15, 0.2) is 36.5 Å². The number of H-pyrrole nitrogens is 1. The SMILES string of the molecule is CNS(=O)(=O)N1CCC(c2cc3c(-c4cc(F)ccc4OC)ccnc3[nH]2)CC1. The smallest absolute Gasteiger partial charge is 0.279 e. The van der Waals surface area contributed by atoms with Crippen molar-refractivity contribution in [3.05, 3.63) is 48.0 Å². The minimum atomic E-state index is -3.39. The number of ether oxygens (including phenoxy) is 1. The lowest BCUT2D eigenvalue weighted by Gasteiger charge is -2.30. The molecule has 0 unspecified atom stereocenters. The molecular weight excluding hydrogens is 395 g/mol. The summed E-state index contributed by atoms with van der Waals surface area (Å²) >= 11 is 0. The van der Waals surface area contributed by atoms with Gasteiger partial charge in [-0.2, -0.15) is 12.7 Å². The van der Waals surface area contributed by atoms with E-state index in [9.17, 15) is 12.8 Å². The van der Waals surface area contributed by atoms with Crippen LogP contribution in [0.5, 0.6) is 5.75 Å². The van der Waals surface area contributed by atoms with E-state index in [0.29, 0.717) is 42.9 Å². The topological polar surface area (TPSA) is 87.3 Å². The van der Waals surface area contributed by atoms with Crippen LogP contribution >= 0.6 is 0 Å². The molecule has 7 nitrogen and oxygen atoms in total. The van der Waals surface area contributed by atoms with Gasteiger partial charge in [-0.05, 0) is 48.7 Å². The highest BCUT2D eigenvalue weighted by Crippen LogP contribution is 2.37. The van der Waals surface area contributed by atoms with Crippen LogP contribution in [0.1, 0.15) is 24.5 Å². The summed E-state index contributed by atoms with van der Waals surface area (Å²) in [7, 11) is -0.411. The van der Waals surface area contributed by atoms with E-state index in [1.165, 1.54) is 23.5 Å². The van der Waals surface area contributed by atoms with Crippen molar-refractivity contribution in [3.63, 3.8) is 0 Å². The van der Waals surface area contributed by atoms with E-state index in [1.54, 1.807) is 19.4 Å². The van der Waals surface area contributed by atoms with Crippen LogP contribution < -0.4 is 9.46 Å². The van der Waals surface area contributed by atoms with Crippen LogP contribution in [0.4, 0.5) is 4.39 Å². The van der Waals surface area contributed by atoms with Gasteiger partial charge in [-0.3, -0.25) is 0 Å². The maximum Gasteiger partial charge on any atom is 0.279 e. The molecular formula is C20H23FN4O3S. The molecule has 154 valence electrons. The largest absolute Gasteiger partial charge is 0.496 e. The highest BCUT2D eigenvalue weighted by molar-refractivity contribution is 7.87. The maximum absolute atomic E-state index is 13.9. The molecule has 0 radical (unpaired) electrons. The van der Waals surface area contributed by atoms with Gasteiger partial charge in [0.05, 0.1) is 7.11 Å². The molecule has 0 atom stereocenters. The Morgan fingerprint density at radius 1 is 1.21 bits per heavy atom. The molecule has 1 fully saturated rings. The summed E-state index contributed by atoms with van der Waals surface area (Å²) in [5, 5.41) is 0.886. The zero-order valence-electron chi connectivity index (χ0n) is 16.3. The molecule has 0 saturated carbocycles. The fourth-order valence-electron chi connectivity index (χ4n) is 3.93. The first-order valence-corrected chi connectivity index (χ1v) is 10.9. The number of hydrogen-bond acceptors (Lipinski definition) is 4. The number of benzene rings is 1. The summed E-state index contributed by atoms with van der Waals surface area (Å²) in [6.45, 7) is 0.919. The summed E-state index contributed by atoms with van der Waals surface area (Å²) < 4.78 is 47.1. The monoisotopic (exact) mass is 418 g/mol. The lowest BCUT2D eigenvalue weighted by atomic mass is 9.94. The Morgan fingerprint density at radius 3 is 2.66 bits per heavy atom. The minimum Gasteiger partial charge on any atom is -0.496 e. The van der Waals surface area contributed by atoms with E-state index in [0.717, 1.165) is 16.6 Å². The summed E-state index contributed by atoms with van der Waals surface area (Å²) in [6, 6.07) is 8.33. The van der Waals surface area contributed by atoms with Gasteiger partial charge in [0.1, 0.15) is 17.2 Å². The first kappa shape index (κ1) is 19.8. The second-order valence-corrected chi connectivity index (χ2v) is 8.95. The van der Waals surface area contributed by atoms with E-state index in [1.807, 2.05) is 12.1 Å². The number of halogens is 1. The summed E-state index contributed by atoms with van der Waals surface area (Å²) in [5.41, 5.74) is 3.23. The summed E-state index contributed by atoms with van der Waals surface area (Å²) in [4.78, 5) is 7.79. The Labute approximate surface area is 169 Å². The number of hydrogen-bond donors (Lipinski definition) is 2. The van der Waals surface area contributed by atoms with Gasteiger partial charge in [-0.15, -0.1) is 0 Å². The molecule has 0 aliphatic carbocycles. The third-order valence-electron chi connectivity index (χ3n) is 5.50. The fourth-order valence-corrected chi connectivity index (χ4v) is 4.88. The summed E-state index contributed by atoms with van der Waals surface area (Å²) in [6.07, 6.45) is 3.11. The predicted molar refractivity (Wildman–Crippen MR) is 110 cm³/mol. The second-order valence-electron chi connectivity index (χ2n) is 7.07. The Bertz CT molecular complexity index is 1140. The predicted octanol–water partition coefficient (Wildman–Crippen LogP) is 3.02. The molecule has 2 N–H and O–H groups in total. The fraction of sp³-hybridized carbons (Fsp3) is 0.350. The first-order valence-electron chi connectivity index (χ1n) is 9.43. The Balaban J connectivity index is 1.67. The van der Waals surface area contributed by atoms with E-state index in [4.69, 9.17) is 4.74 Å². The van der Waals surface area contributed by atoms with Crippen LogP contribution in [-0.4, -0.2) is 49.9 Å². The average Bonchev–Trinajstić information content (AvgIpc) is 3.18. The highest BCUT2D eigenvalue weighted by atomic mass is 32.2. The average molecular weight is 418 g/mol. The van der Waals surface area contributed by atoms with Crippen molar-refractivity contribution in [2.75, 3.05) is 27.2 Å². The minimum absolute atomic E-state index is 0.203. The van der Waals surface area contributed by atoms with Crippen molar-refractivity contribution >= 4 is 21.2 Å². The molecule has 0 bridgehead atoms. The molecule has 29 heavy (non-hydrogen) atoms. The van der Waals surface area contributed by atoms with Gasteiger partial charge in [0.25, 0.3) is 10.2 Å². The lowest BCUT2D eigenvalue weighted by Crippen LogP contribution is -2.43. The van der Waals surface area contributed by atoms with E-state index in [2.05, 4.69) is 14.7 Å². The molecule has 0 spiro atoms. The Hall–Kier alpha value is -2.49. The molecule has 1 aliphatic rings. The number of fused-ring (bicyclic) bond motifs is 1. The second kappa shape index (κ2) is 7.74. The number of piperidine rings is 1. The molecule has 1 saturated heterocycles. The zero-order chi connectivity index (χ0) is 20.6. The molecule has 2 aromatic heterocycles. The van der Waals surface area contributed by atoms with Gasteiger partial charge in [0.15, 0.2) is 0 Å². The van der Waals surface area contributed by atoms with Crippen LogP contribution in [0.3, 0.4) is 0 Å². The zero-order valence-corrected chi connectivity index (χ0v) is 17.1. The lowest BCUT2D eigenvalue weighted by molar-refractivity contribution is 0.314. The Kier molecular flexibility index (Phi) is 5.28. The number of aromatic nitrogens is 2. The normalized spacial score (nSPS) is 16.4. The van der Waals surface area contributed by atoms with Crippen LogP contribution in [0.25, 0.3) is 22.2 Å². The molecule has 3 aromatic rings. The molecule has 1 aliphatic heterocycles. The van der Waals surface area contributed by atoms with Gasteiger partial charge in [0, 0.05) is 48.9 Å². The van der Waals surface area contributed by atoms with Gasteiger partial charge in [-0.1, -0.05) is 0 Å². The number of pyridine rings is 1. The molecule has 3 heterocycles. The number of aromatic amines is 1. The Morgan fingerprint density at radius 2 is 1.97 bits per heavy atom. The molecule has 0 amide bonds. The molecule has 4 rings (SSSR count). The van der Waals surface area contributed by atoms with Crippen LogP contribution in [-0.2, 0) is 10.2 Å². The van der Waals surface area contributed by atoms with Crippen molar-refractivity contribution < 1.29 is 17.5 Å². The van der Waals surface area contributed by atoms with Gasteiger partial charge < -0.3 is 9.72 Å². The van der Waals surface area contributed by atoms with E-state index < -0.39 is 10.2 Å². The number of nitrogens with one attached hydrogen (secondary N) is 2. The first-order chi connectivity index (χ1) is 13.9. The molecule has 1 aromatic carbocycles. The van der Waals surface area contributed by atoms with Crippen LogP contribution in [0, 0.1) is 5.82 Å². The number of nitrogens with zero attached hydrogens (tertiary/aromatic N) is 2. The third kappa shape index (κ3) is 3.73. The van der Waals surface area contributed by atoms with Crippen molar-refractivity contribution in [3.8, 4) is 16.9 Å². The van der Waals surface area contributed by atoms with Gasteiger partial charge in [0.2, 0.25) is 0 Å². The highest BCUT2D eigenvalue weighted by Gasteiger charge is 2.28. The summed E-state index contributed by atoms with van der Waals surface area (Å²) in [5.74, 6) is 0.460. The van der Waals surface area contributed by atoms with Crippen molar-refractivity contribution in [1.82, 2.24) is 19.0 Å². The number of rotatable bonds is 5. The number of methoxy groups -OCH3 is 1. The van der Waals surface area contributed by atoms with Crippen molar-refractivity contribution in [2.24, 2.45) is 0 Å².